The highest BCUT2D eigenvalue weighted by atomic mass is 15.2. The van der Waals surface area contributed by atoms with Gasteiger partial charge < -0.3 is 5.32 Å². The second kappa shape index (κ2) is 6.91. The zero-order valence-electron chi connectivity index (χ0n) is 12.6. The van der Waals surface area contributed by atoms with E-state index >= 15 is 0 Å². The Labute approximate surface area is 114 Å². The van der Waals surface area contributed by atoms with Crippen LogP contribution in [0.2, 0.25) is 0 Å². The lowest BCUT2D eigenvalue weighted by molar-refractivity contribution is 0.121. The average Bonchev–Trinajstić information content (AvgIpc) is 3.15. The molecule has 0 aromatic heterocycles. The van der Waals surface area contributed by atoms with Crippen molar-refractivity contribution in [3.05, 3.63) is 0 Å². The minimum atomic E-state index is 0.716. The molecule has 1 atom stereocenters. The number of hydrogen-bond donors (Lipinski definition) is 1. The molecule has 0 aliphatic heterocycles. The molecular weight excluding hydrogens is 220 g/mol. The standard InChI is InChI=1S/C16H32N2/c1-13(2)16(12-17-14-10-11-14)18(3)15-8-6-4-5-7-9-15/h13-17H,4-12H2,1-3H3. The van der Waals surface area contributed by atoms with Gasteiger partial charge in [-0.25, -0.2) is 0 Å². The second-order valence-corrected chi connectivity index (χ2v) is 6.80. The molecule has 2 saturated carbocycles. The van der Waals surface area contributed by atoms with Crippen molar-refractivity contribution in [3.63, 3.8) is 0 Å². The summed E-state index contributed by atoms with van der Waals surface area (Å²) < 4.78 is 0. The molecule has 0 radical (unpaired) electrons. The Bertz CT molecular complexity index is 227. The molecule has 2 nitrogen and oxygen atoms in total. The van der Waals surface area contributed by atoms with Crippen molar-refractivity contribution in [3.8, 4) is 0 Å². The molecule has 2 rings (SSSR count). The SMILES string of the molecule is CC(C)C(CNC1CC1)N(C)C1CCCCCC1. The van der Waals surface area contributed by atoms with Crippen molar-refractivity contribution in [2.24, 2.45) is 5.92 Å². The van der Waals surface area contributed by atoms with Crippen LogP contribution in [0, 0.1) is 5.92 Å². The first-order valence-corrected chi connectivity index (χ1v) is 8.14. The number of nitrogens with zero attached hydrogens (tertiary/aromatic N) is 1. The lowest BCUT2D eigenvalue weighted by Crippen LogP contribution is -2.48. The van der Waals surface area contributed by atoms with Gasteiger partial charge in [0.15, 0.2) is 0 Å². The number of hydrogen-bond acceptors (Lipinski definition) is 2. The molecule has 2 heteroatoms. The Kier molecular flexibility index (Phi) is 5.50. The average molecular weight is 252 g/mol. The van der Waals surface area contributed by atoms with Crippen LogP contribution in [0.1, 0.15) is 65.2 Å². The smallest absolute Gasteiger partial charge is 0.0243 e. The molecule has 0 aromatic carbocycles. The maximum absolute atomic E-state index is 3.73. The van der Waals surface area contributed by atoms with Crippen molar-refractivity contribution in [1.29, 1.82) is 0 Å². The fourth-order valence-corrected chi connectivity index (χ4v) is 3.36. The maximum Gasteiger partial charge on any atom is 0.0243 e. The topological polar surface area (TPSA) is 15.3 Å². The summed E-state index contributed by atoms with van der Waals surface area (Å²) in [6, 6.07) is 2.39. The van der Waals surface area contributed by atoms with Gasteiger partial charge in [0.1, 0.15) is 0 Å². The van der Waals surface area contributed by atoms with Crippen LogP contribution < -0.4 is 5.32 Å². The van der Waals surface area contributed by atoms with Crippen molar-refractivity contribution < 1.29 is 0 Å². The van der Waals surface area contributed by atoms with Crippen LogP contribution in [-0.4, -0.2) is 36.6 Å². The summed E-state index contributed by atoms with van der Waals surface area (Å²) >= 11 is 0. The van der Waals surface area contributed by atoms with Gasteiger partial charge in [-0.05, 0) is 38.6 Å². The van der Waals surface area contributed by atoms with Crippen LogP contribution in [0.5, 0.6) is 0 Å². The third-order valence-corrected chi connectivity index (χ3v) is 4.89. The molecule has 0 spiro atoms. The van der Waals surface area contributed by atoms with Crippen molar-refractivity contribution in [2.45, 2.75) is 83.3 Å². The Morgan fingerprint density at radius 2 is 1.61 bits per heavy atom. The molecule has 2 aliphatic carbocycles. The Morgan fingerprint density at radius 1 is 1.00 bits per heavy atom. The molecule has 1 N–H and O–H groups in total. The quantitative estimate of drug-likeness (QED) is 0.729. The molecule has 0 saturated heterocycles. The summed E-state index contributed by atoms with van der Waals surface area (Å²) in [5, 5.41) is 3.73. The fraction of sp³-hybridized carbons (Fsp3) is 1.00. The van der Waals surface area contributed by atoms with E-state index in [1.54, 1.807) is 0 Å². The van der Waals surface area contributed by atoms with E-state index in [9.17, 15) is 0 Å². The maximum atomic E-state index is 3.73. The van der Waals surface area contributed by atoms with E-state index in [2.05, 4.69) is 31.1 Å². The van der Waals surface area contributed by atoms with Gasteiger partial charge in [-0.2, -0.15) is 0 Å². The molecule has 0 aromatic rings. The lowest BCUT2D eigenvalue weighted by atomic mass is 9.98. The van der Waals surface area contributed by atoms with Crippen molar-refractivity contribution in [1.82, 2.24) is 10.2 Å². The predicted octanol–water partition coefficient (Wildman–Crippen LogP) is 3.42. The minimum Gasteiger partial charge on any atom is -0.312 e. The van der Waals surface area contributed by atoms with Crippen LogP contribution in [-0.2, 0) is 0 Å². The van der Waals surface area contributed by atoms with Gasteiger partial charge in [0.2, 0.25) is 0 Å². The first kappa shape index (κ1) is 14.3. The molecule has 2 aliphatic rings. The summed E-state index contributed by atoms with van der Waals surface area (Å²) in [6.45, 7) is 5.95. The van der Waals surface area contributed by atoms with Gasteiger partial charge in [-0.3, -0.25) is 4.90 Å². The molecule has 0 bridgehead atoms. The zero-order chi connectivity index (χ0) is 13.0. The molecule has 18 heavy (non-hydrogen) atoms. The van der Waals surface area contributed by atoms with E-state index in [1.807, 2.05) is 0 Å². The third-order valence-electron chi connectivity index (χ3n) is 4.89. The number of nitrogens with one attached hydrogen (secondary N) is 1. The zero-order valence-corrected chi connectivity index (χ0v) is 12.6. The Balaban J connectivity index is 1.85. The number of rotatable bonds is 6. The molecule has 1 unspecified atom stereocenters. The van der Waals surface area contributed by atoms with E-state index in [0.717, 1.165) is 18.0 Å². The van der Waals surface area contributed by atoms with Crippen LogP contribution in [0.25, 0.3) is 0 Å². The van der Waals surface area contributed by atoms with Gasteiger partial charge in [0.25, 0.3) is 0 Å². The van der Waals surface area contributed by atoms with Gasteiger partial charge in [0, 0.05) is 24.7 Å². The van der Waals surface area contributed by atoms with Crippen molar-refractivity contribution in [2.75, 3.05) is 13.6 Å². The summed E-state index contributed by atoms with van der Waals surface area (Å²) in [4.78, 5) is 2.70. The monoisotopic (exact) mass is 252 g/mol. The van der Waals surface area contributed by atoms with Gasteiger partial charge in [0.05, 0.1) is 0 Å². The lowest BCUT2D eigenvalue weighted by Gasteiger charge is -2.37. The third kappa shape index (κ3) is 4.24. The van der Waals surface area contributed by atoms with E-state index in [1.165, 1.54) is 57.9 Å². The second-order valence-electron chi connectivity index (χ2n) is 6.80. The van der Waals surface area contributed by atoms with Crippen LogP contribution in [0.15, 0.2) is 0 Å². The summed E-state index contributed by atoms with van der Waals surface area (Å²) in [5.74, 6) is 0.754. The molecule has 0 amide bonds. The van der Waals surface area contributed by atoms with Gasteiger partial charge >= 0.3 is 0 Å². The van der Waals surface area contributed by atoms with E-state index < -0.39 is 0 Å². The molecule has 0 heterocycles. The van der Waals surface area contributed by atoms with Crippen LogP contribution in [0.3, 0.4) is 0 Å². The van der Waals surface area contributed by atoms with Crippen molar-refractivity contribution >= 4 is 0 Å². The number of likely N-dealkylation sites (N-methyl/N-ethyl adjacent to an activating group) is 1. The highest BCUT2D eigenvalue weighted by Gasteiger charge is 2.28. The minimum absolute atomic E-state index is 0.716. The van der Waals surface area contributed by atoms with Gasteiger partial charge in [-0.1, -0.05) is 39.5 Å². The first-order valence-electron chi connectivity index (χ1n) is 8.14. The normalized spacial score (nSPS) is 24.5. The van der Waals surface area contributed by atoms with E-state index in [0.29, 0.717) is 6.04 Å². The fourth-order valence-electron chi connectivity index (χ4n) is 3.36. The molecule has 106 valence electrons. The van der Waals surface area contributed by atoms with E-state index in [-0.39, 0.29) is 0 Å². The largest absolute Gasteiger partial charge is 0.312 e. The molecular formula is C16H32N2. The van der Waals surface area contributed by atoms with Crippen LogP contribution >= 0.6 is 0 Å². The van der Waals surface area contributed by atoms with Gasteiger partial charge in [-0.15, -0.1) is 0 Å². The summed E-state index contributed by atoms with van der Waals surface area (Å²) in [6.07, 6.45) is 11.4. The first-order chi connectivity index (χ1) is 8.68. The summed E-state index contributed by atoms with van der Waals surface area (Å²) in [5.41, 5.74) is 0. The predicted molar refractivity (Wildman–Crippen MR) is 78.9 cm³/mol. The highest BCUT2D eigenvalue weighted by Crippen LogP contribution is 2.25. The molecule has 2 fully saturated rings. The Hall–Kier alpha value is -0.0800. The van der Waals surface area contributed by atoms with E-state index in [4.69, 9.17) is 0 Å². The summed E-state index contributed by atoms with van der Waals surface area (Å²) in [7, 11) is 2.37. The van der Waals surface area contributed by atoms with Crippen LogP contribution in [0.4, 0.5) is 0 Å². The highest BCUT2D eigenvalue weighted by molar-refractivity contribution is 4.87. The Morgan fingerprint density at radius 3 is 2.11 bits per heavy atom.